The minimum Gasteiger partial charge on any atom is -0.472 e. The highest BCUT2D eigenvalue weighted by molar-refractivity contribution is 5.71. The van der Waals surface area contributed by atoms with Gasteiger partial charge in [0.1, 0.15) is 12.7 Å². The van der Waals surface area contributed by atoms with Gasteiger partial charge in [0.25, 0.3) is 0 Å². The van der Waals surface area contributed by atoms with Gasteiger partial charge in [0.15, 0.2) is 0 Å². The van der Waals surface area contributed by atoms with Crippen molar-refractivity contribution in [1.29, 1.82) is 0 Å². The summed E-state index contributed by atoms with van der Waals surface area (Å²) in [4.78, 5) is 14.9. The highest BCUT2D eigenvalue weighted by Crippen LogP contribution is 2.15. The van der Waals surface area contributed by atoms with E-state index < -0.39 is 5.97 Å². The van der Waals surface area contributed by atoms with Gasteiger partial charge in [0.2, 0.25) is 11.7 Å². The summed E-state index contributed by atoms with van der Waals surface area (Å²) in [6.07, 6.45) is 2.97. The molecule has 0 spiro atoms. The molecule has 0 atom stereocenters. The largest absolute Gasteiger partial charge is 0.472 e. The second-order valence-corrected chi connectivity index (χ2v) is 2.78. The molecule has 0 aliphatic rings. The van der Waals surface area contributed by atoms with Crippen LogP contribution in [0.2, 0.25) is 0 Å². The zero-order valence-corrected chi connectivity index (χ0v) is 7.97. The molecule has 0 N–H and O–H groups in total. The number of aromatic nitrogens is 2. The highest BCUT2D eigenvalue weighted by atomic mass is 16.5. The molecule has 0 bridgehead atoms. The van der Waals surface area contributed by atoms with Crippen molar-refractivity contribution in [2.24, 2.45) is 0 Å². The number of carbonyl (C=O) groups excluding carboxylic acids is 1. The Kier molecular flexibility index (Phi) is 2.49. The third-order valence-electron chi connectivity index (χ3n) is 1.77. The molecule has 0 aliphatic carbocycles. The van der Waals surface area contributed by atoms with Gasteiger partial charge in [-0.2, -0.15) is 4.98 Å². The van der Waals surface area contributed by atoms with Crippen molar-refractivity contribution in [1.82, 2.24) is 10.1 Å². The standard InChI is InChI=1S/C9H8N2O4/c1-13-8(12)4-7-10-9(11-15-7)6-2-3-14-5-6/h2-3,5H,4H2,1H3. The van der Waals surface area contributed by atoms with Gasteiger partial charge < -0.3 is 13.7 Å². The summed E-state index contributed by atoms with van der Waals surface area (Å²) < 4.78 is 14.2. The van der Waals surface area contributed by atoms with E-state index in [2.05, 4.69) is 14.9 Å². The fraction of sp³-hybridized carbons (Fsp3) is 0.222. The van der Waals surface area contributed by atoms with Gasteiger partial charge >= 0.3 is 5.97 Å². The Morgan fingerprint density at radius 1 is 1.60 bits per heavy atom. The molecule has 6 heteroatoms. The van der Waals surface area contributed by atoms with Gasteiger partial charge in [-0.05, 0) is 6.07 Å². The summed E-state index contributed by atoms with van der Waals surface area (Å²) in [7, 11) is 1.30. The Balaban J connectivity index is 2.14. The van der Waals surface area contributed by atoms with Gasteiger partial charge in [0, 0.05) is 0 Å². The van der Waals surface area contributed by atoms with Crippen molar-refractivity contribution in [3.05, 3.63) is 24.5 Å². The van der Waals surface area contributed by atoms with E-state index in [0.29, 0.717) is 11.4 Å². The average Bonchev–Trinajstić information content (AvgIpc) is 2.85. The molecular weight excluding hydrogens is 200 g/mol. The number of furan rings is 1. The number of carbonyl (C=O) groups is 1. The molecular formula is C9H8N2O4. The molecule has 0 aromatic carbocycles. The van der Waals surface area contributed by atoms with Crippen molar-refractivity contribution in [3.63, 3.8) is 0 Å². The number of methoxy groups -OCH3 is 1. The highest BCUT2D eigenvalue weighted by Gasteiger charge is 2.12. The first-order valence-corrected chi connectivity index (χ1v) is 4.21. The summed E-state index contributed by atoms with van der Waals surface area (Å²) in [6.45, 7) is 0. The van der Waals surface area contributed by atoms with E-state index in [1.807, 2.05) is 0 Å². The third kappa shape index (κ3) is 2.04. The first-order valence-electron chi connectivity index (χ1n) is 4.21. The average molecular weight is 208 g/mol. The molecule has 2 rings (SSSR count). The first kappa shape index (κ1) is 9.45. The molecule has 2 heterocycles. The zero-order valence-electron chi connectivity index (χ0n) is 7.97. The van der Waals surface area contributed by atoms with Crippen LogP contribution in [0, 0.1) is 0 Å². The van der Waals surface area contributed by atoms with Crippen LogP contribution in [0.5, 0.6) is 0 Å². The molecule has 2 aromatic rings. The van der Waals surface area contributed by atoms with Crippen molar-refractivity contribution in [2.75, 3.05) is 7.11 Å². The Morgan fingerprint density at radius 2 is 2.47 bits per heavy atom. The van der Waals surface area contributed by atoms with Gasteiger partial charge in [-0.3, -0.25) is 4.79 Å². The number of hydrogen-bond acceptors (Lipinski definition) is 6. The second kappa shape index (κ2) is 3.95. The fourth-order valence-corrected chi connectivity index (χ4v) is 1.03. The Hall–Kier alpha value is -2.11. The monoisotopic (exact) mass is 208 g/mol. The summed E-state index contributed by atoms with van der Waals surface area (Å²) in [5, 5.41) is 3.69. The van der Waals surface area contributed by atoms with E-state index in [1.165, 1.54) is 19.6 Å². The second-order valence-electron chi connectivity index (χ2n) is 2.78. The lowest BCUT2D eigenvalue weighted by Gasteiger charge is -1.91. The lowest BCUT2D eigenvalue weighted by Crippen LogP contribution is -2.04. The van der Waals surface area contributed by atoms with E-state index >= 15 is 0 Å². The fourth-order valence-electron chi connectivity index (χ4n) is 1.03. The topological polar surface area (TPSA) is 78.4 Å². The molecule has 0 saturated heterocycles. The zero-order chi connectivity index (χ0) is 10.7. The van der Waals surface area contributed by atoms with Crippen molar-refractivity contribution < 1.29 is 18.5 Å². The summed E-state index contributed by atoms with van der Waals surface area (Å²) in [5.41, 5.74) is 0.704. The Labute approximate surface area is 84.8 Å². The number of nitrogens with zero attached hydrogens (tertiary/aromatic N) is 2. The first-order chi connectivity index (χ1) is 7.29. The quantitative estimate of drug-likeness (QED) is 0.701. The van der Waals surface area contributed by atoms with Crippen LogP contribution in [0.15, 0.2) is 27.5 Å². The SMILES string of the molecule is COC(=O)Cc1nc(-c2ccoc2)no1. The van der Waals surface area contributed by atoms with Crippen LogP contribution >= 0.6 is 0 Å². The lowest BCUT2D eigenvalue weighted by atomic mass is 10.3. The van der Waals surface area contributed by atoms with E-state index in [1.54, 1.807) is 6.07 Å². The van der Waals surface area contributed by atoms with Crippen LogP contribution in [0.1, 0.15) is 5.89 Å². The van der Waals surface area contributed by atoms with Crippen LogP contribution < -0.4 is 0 Å². The number of esters is 1. The maximum Gasteiger partial charge on any atom is 0.315 e. The molecule has 0 fully saturated rings. The molecule has 0 amide bonds. The number of hydrogen-bond donors (Lipinski definition) is 0. The Bertz CT molecular complexity index is 446. The predicted octanol–water partition coefficient (Wildman–Crippen LogP) is 1.05. The summed E-state index contributed by atoms with van der Waals surface area (Å²) >= 11 is 0. The normalized spacial score (nSPS) is 10.2. The van der Waals surface area contributed by atoms with Crippen molar-refractivity contribution in [2.45, 2.75) is 6.42 Å². The van der Waals surface area contributed by atoms with E-state index in [9.17, 15) is 4.79 Å². The molecule has 78 valence electrons. The van der Waals surface area contributed by atoms with Crippen LogP contribution in [-0.2, 0) is 16.0 Å². The lowest BCUT2D eigenvalue weighted by molar-refractivity contribution is -0.140. The predicted molar refractivity (Wildman–Crippen MR) is 47.7 cm³/mol. The molecule has 2 aromatic heterocycles. The van der Waals surface area contributed by atoms with Crippen LogP contribution in [-0.4, -0.2) is 23.2 Å². The van der Waals surface area contributed by atoms with Crippen LogP contribution in [0.25, 0.3) is 11.4 Å². The van der Waals surface area contributed by atoms with Crippen molar-refractivity contribution >= 4 is 5.97 Å². The molecule has 15 heavy (non-hydrogen) atoms. The van der Waals surface area contributed by atoms with Crippen LogP contribution in [0.3, 0.4) is 0 Å². The van der Waals surface area contributed by atoms with E-state index in [4.69, 9.17) is 8.94 Å². The minimum atomic E-state index is -0.419. The molecule has 6 nitrogen and oxygen atoms in total. The summed E-state index contributed by atoms with van der Waals surface area (Å²) in [5.74, 6) is 0.193. The van der Waals surface area contributed by atoms with E-state index in [-0.39, 0.29) is 12.3 Å². The van der Waals surface area contributed by atoms with Gasteiger partial charge in [-0.1, -0.05) is 5.16 Å². The van der Waals surface area contributed by atoms with Gasteiger partial charge in [-0.15, -0.1) is 0 Å². The van der Waals surface area contributed by atoms with E-state index in [0.717, 1.165) is 0 Å². The maximum absolute atomic E-state index is 10.9. The smallest absolute Gasteiger partial charge is 0.315 e. The maximum atomic E-state index is 10.9. The molecule has 0 unspecified atom stereocenters. The third-order valence-corrected chi connectivity index (χ3v) is 1.77. The molecule has 0 radical (unpaired) electrons. The minimum absolute atomic E-state index is 0.0264. The number of ether oxygens (including phenoxy) is 1. The molecule has 0 aliphatic heterocycles. The van der Waals surface area contributed by atoms with Crippen molar-refractivity contribution in [3.8, 4) is 11.4 Å². The van der Waals surface area contributed by atoms with Gasteiger partial charge in [0.05, 0.1) is 18.9 Å². The van der Waals surface area contributed by atoms with Gasteiger partial charge in [-0.25, -0.2) is 0 Å². The Morgan fingerprint density at radius 3 is 3.13 bits per heavy atom. The number of rotatable bonds is 3. The summed E-state index contributed by atoms with van der Waals surface area (Å²) in [6, 6.07) is 1.70. The molecule has 0 saturated carbocycles. The van der Waals surface area contributed by atoms with Crippen LogP contribution in [0.4, 0.5) is 0 Å².